The number of nitrogens with zero attached hydrogens (tertiary/aromatic N) is 2. The summed E-state index contributed by atoms with van der Waals surface area (Å²) in [5, 5.41) is 0. The van der Waals surface area contributed by atoms with E-state index in [-0.39, 0.29) is 6.04 Å². The van der Waals surface area contributed by atoms with Gasteiger partial charge in [-0.15, -0.1) is 0 Å². The molecule has 2 aromatic rings. The van der Waals surface area contributed by atoms with Crippen LogP contribution in [0.3, 0.4) is 0 Å². The van der Waals surface area contributed by atoms with Crippen molar-refractivity contribution in [3.63, 3.8) is 0 Å². The molecule has 0 saturated carbocycles. The van der Waals surface area contributed by atoms with E-state index in [0.717, 1.165) is 23.3 Å². The largest absolute Gasteiger partial charge is 0.485 e. The molecule has 4 heteroatoms. The Kier molecular flexibility index (Phi) is 4.69. The number of rotatable bonds is 5. The normalized spacial score (nSPS) is 12.2. The van der Waals surface area contributed by atoms with Crippen LogP contribution in [0, 0.1) is 13.8 Å². The second kappa shape index (κ2) is 6.48. The van der Waals surface area contributed by atoms with Gasteiger partial charge in [-0.1, -0.05) is 12.1 Å². The third-order valence-corrected chi connectivity index (χ3v) is 3.04. The standard InChI is InChI=1S/C16H21N3O/c1-11-7-14(9-13(3)17)8-12(2)16(11)20-10-15-18-5-4-6-19-15/h4-8,13H,9-10,17H2,1-3H3. The molecule has 0 radical (unpaired) electrons. The average Bonchev–Trinajstić information content (AvgIpc) is 2.38. The van der Waals surface area contributed by atoms with Crippen molar-refractivity contribution in [3.05, 3.63) is 53.1 Å². The van der Waals surface area contributed by atoms with Gasteiger partial charge in [-0.3, -0.25) is 0 Å². The molecule has 4 nitrogen and oxygen atoms in total. The Bertz CT molecular complexity index is 544. The van der Waals surface area contributed by atoms with E-state index in [2.05, 4.69) is 35.9 Å². The fraction of sp³-hybridized carbons (Fsp3) is 0.375. The van der Waals surface area contributed by atoms with E-state index < -0.39 is 0 Å². The molecule has 2 N–H and O–H groups in total. The fourth-order valence-corrected chi connectivity index (χ4v) is 2.30. The minimum Gasteiger partial charge on any atom is -0.485 e. The van der Waals surface area contributed by atoms with Gasteiger partial charge in [0.25, 0.3) is 0 Å². The first kappa shape index (κ1) is 14.5. The zero-order valence-electron chi connectivity index (χ0n) is 12.3. The molecular formula is C16H21N3O. The van der Waals surface area contributed by atoms with Crippen LogP contribution >= 0.6 is 0 Å². The van der Waals surface area contributed by atoms with Crippen molar-refractivity contribution in [2.75, 3.05) is 0 Å². The summed E-state index contributed by atoms with van der Waals surface area (Å²) in [7, 11) is 0. The van der Waals surface area contributed by atoms with Gasteiger partial charge in [0.1, 0.15) is 12.4 Å². The Balaban J connectivity index is 2.12. The zero-order valence-corrected chi connectivity index (χ0v) is 12.3. The van der Waals surface area contributed by atoms with Crippen LogP contribution in [-0.4, -0.2) is 16.0 Å². The van der Waals surface area contributed by atoms with Crippen molar-refractivity contribution in [2.45, 2.75) is 39.8 Å². The number of aromatic nitrogens is 2. The number of hydrogen-bond acceptors (Lipinski definition) is 4. The van der Waals surface area contributed by atoms with Crippen LogP contribution < -0.4 is 10.5 Å². The maximum atomic E-state index is 5.86. The number of benzene rings is 1. The SMILES string of the molecule is Cc1cc(CC(C)N)cc(C)c1OCc1ncccn1. The second-order valence-electron chi connectivity index (χ2n) is 5.19. The number of nitrogens with two attached hydrogens (primary N) is 1. The van der Waals surface area contributed by atoms with E-state index in [1.54, 1.807) is 18.5 Å². The van der Waals surface area contributed by atoms with Crippen molar-refractivity contribution < 1.29 is 4.74 Å². The van der Waals surface area contributed by atoms with Gasteiger partial charge in [0.05, 0.1) is 0 Å². The lowest BCUT2D eigenvalue weighted by Gasteiger charge is -2.14. The van der Waals surface area contributed by atoms with Crippen LogP contribution in [0.2, 0.25) is 0 Å². The summed E-state index contributed by atoms with van der Waals surface area (Å²) in [6, 6.07) is 6.23. The summed E-state index contributed by atoms with van der Waals surface area (Å²) < 4.78 is 5.86. The molecule has 1 aromatic carbocycles. The van der Waals surface area contributed by atoms with Crippen LogP contribution in [0.25, 0.3) is 0 Å². The Labute approximate surface area is 120 Å². The van der Waals surface area contributed by atoms with Gasteiger partial charge in [-0.25, -0.2) is 9.97 Å². The third kappa shape index (κ3) is 3.78. The highest BCUT2D eigenvalue weighted by Gasteiger charge is 2.08. The minimum atomic E-state index is 0.165. The van der Waals surface area contributed by atoms with Crippen molar-refractivity contribution in [1.82, 2.24) is 9.97 Å². The van der Waals surface area contributed by atoms with Crippen LogP contribution in [0.4, 0.5) is 0 Å². The quantitative estimate of drug-likeness (QED) is 0.908. The number of aryl methyl sites for hydroxylation is 2. The second-order valence-corrected chi connectivity index (χ2v) is 5.19. The zero-order chi connectivity index (χ0) is 14.5. The van der Waals surface area contributed by atoms with Crippen LogP contribution in [0.1, 0.15) is 29.4 Å². The van der Waals surface area contributed by atoms with E-state index in [1.807, 2.05) is 6.92 Å². The minimum absolute atomic E-state index is 0.165. The van der Waals surface area contributed by atoms with Gasteiger partial charge in [0.15, 0.2) is 5.82 Å². The Morgan fingerprint density at radius 2 is 1.75 bits per heavy atom. The lowest BCUT2D eigenvalue weighted by molar-refractivity contribution is 0.291. The van der Waals surface area contributed by atoms with Crippen molar-refractivity contribution in [3.8, 4) is 5.75 Å². The van der Waals surface area contributed by atoms with Gasteiger partial charge in [-0.05, 0) is 49.9 Å². The molecule has 1 aromatic heterocycles. The van der Waals surface area contributed by atoms with Gasteiger partial charge in [-0.2, -0.15) is 0 Å². The molecule has 0 fully saturated rings. The highest BCUT2D eigenvalue weighted by atomic mass is 16.5. The summed E-state index contributed by atoms with van der Waals surface area (Å²) in [6.07, 6.45) is 4.32. The molecule has 1 atom stereocenters. The molecule has 1 unspecified atom stereocenters. The first-order valence-electron chi connectivity index (χ1n) is 6.80. The molecule has 0 aliphatic heterocycles. The predicted octanol–water partition coefficient (Wildman–Crippen LogP) is 2.56. The first-order valence-corrected chi connectivity index (χ1v) is 6.80. The molecule has 20 heavy (non-hydrogen) atoms. The Morgan fingerprint density at radius 1 is 1.15 bits per heavy atom. The highest BCUT2D eigenvalue weighted by Crippen LogP contribution is 2.26. The van der Waals surface area contributed by atoms with Crippen molar-refractivity contribution in [2.24, 2.45) is 5.73 Å². The summed E-state index contributed by atoms with van der Waals surface area (Å²) >= 11 is 0. The molecular weight excluding hydrogens is 250 g/mol. The molecule has 0 bridgehead atoms. The predicted molar refractivity (Wildman–Crippen MR) is 79.6 cm³/mol. The lowest BCUT2D eigenvalue weighted by atomic mass is 10.0. The molecule has 1 heterocycles. The van der Waals surface area contributed by atoms with E-state index in [1.165, 1.54) is 5.56 Å². The van der Waals surface area contributed by atoms with Gasteiger partial charge < -0.3 is 10.5 Å². The molecule has 0 spiro atoms. The summed E-state index contributed by atoms with van der Waals surface area (Å²) in [6.45, 7) is 6.51. The molecule has 0 amide bonds. The van der Waals surface area contributed by atoms with Gasteiger partial charge in [0, 0.05) is 18.4 Å². The van der Waals surface area contributed by atoms with E-state index >= 15 is 0 Å². The number of ether oxygens (including phenoxy) is 1. The highest BCUT2D eigenvalue weighted by molar-refractivity contribution is 5.43. The average molecular weight is 271 g/mol. The summed E-state index contributed by atoms with van der Waals surface area (Å²) in [4.78, 5) is 8.31. The fourth-order valence-electron chi connectivity index (χ4n) is 2.30. The monoisotopic (exact) mass is 271 g/mol. The molecule has 2 rings (SSSR count). The smallest absolute Gasteiger partial charge is 0.166 e. The Hall–Kier alpha value is -1.94. The van der Waals surface area contributed by atoms with Gasteiger partial charge >= 0.3 is 0 Å². The van der Waals surface area contributed by atoms with E-state index in [9.17, 15) is 0 Å². The van der Waals surface area contributed by atoms with Gasteiger partial charge in [0.2, 0.25) is 0 Å². The maximum Gasteiger partial charge on any atom is 0.166 e. The molecule has 0 saturated heterocycles. The third-order valence-electron chi connectivity index (χ3n) is 3.04. The summed E-state index contributed by atoms with van der Waals surface area (Å²) in [5.41, 5.74) is 9.34. The first-order chi connectivity index (χ1) is 9.56. The van der Waals surface area contributed by atoms with Crippen LogP contribution in [0.5, 0.6) is 5.75 Å². The maximum absolute atomic E-state index is 5.86. The summed E-state index contributed by atoms with van der Waals surface area (Å²) in [5.74, 6) is 1.59. The Morgan fingerprint density at radius 3 is 2.30 bits per heavy atom. The molecule has 106 valence electrons. The lowest BCUT2D eigenvalue weighted by Crippen LogP contribution is -2.18. The van der Waals surface area contributed by atoms with E-state index in [0.29, 0.717) is 12.4 Å². The van der Waals surface area contributed by atoms with Crippen LogP contribution in [-0.2, 0) is 13.0 Å². The van der Waals surface area contributed by atoms with Crippen molar-refractivity contribution >= 4 is 0 Å². The molecule has 0 aliphatic rings. The van der Waals surface area contributed by atoms with Crippen molar-refractivity contribution in [1.29, 1.82) is 0 Å². The van der Waals surface area contributed by atoms with E-state index in [4.69, 9.17) is 10.5 Å². The molecule has 0 aliphatic carbocycles. The van der Waals surface area contributed by atoms with Crippen LogP contribution in [0.15, 0.2) is 30.6 Å². The topological polar surface area (TPSA) is 61.0 Å². The number of hydrogen-bond donors (Lipinski definition) is 1.